The van der Waals surface area contributed by atoms with Gasteiger partial charge in [0.15, 0.2) is 0 Å². The predicted octanol–water partition coefficient (Wildman–Crippen LogP) is 3.27. The number of carbonyl (C=O) groups is 2. The predicted molar refractivity (Wildman–Crippen MR) is 155 cm³/mol. The summed E-state index contributed by atoms with van der Waals surface area (Å²) in [4.78, 5) is 40.0. The van der Waals surface area contributed by atoms with Gasteiger partial charge >= 0.3 is 0 Å². The lowest BCUT2D eigenvalue weighted by atomic mass is 10.0. The zero-order valence-electron chi connectivity index (χ0n) is 22.0. The van der Waals surface area contributed by atoms with Gasteiger partial charge in [-0.15, -0.1) is 0 Å². The van der Waals surface area contributed by atoms with Gasteiger partial charge in [0, 0.05) is 48.5 Å². The quantitative estimate of drug-likeness (QED) is 0.438. The van der Waals surface area contributed by atoms with Crippen molar-refractivity contribution in [3.63, 3.8) is 0 Å². The number of likely N-dealkylation sites (tertiary alicyclic amines) is 1. The Bertz CT molecular complexity index is 1300. The number of nitrogens with zero attached hydrogens (tertiary/aromatic N) is 5. The number of carbonyl (C=O) groups excluding carboxylic acids is 2. The SMILES string of the molecule is CN(C)C1CCN(C(=O)c2ccc(NC(=O)C(=N)/C=C3\C(N)=NCCN3Cc3cc(Cl)ccc3Cl)nc2)CC1. The molecule has 1 aromatic carbocycles. The number of amidine groups is 1. The normalized spacial score (nSPS) is 17.4. The van der Waals surface area contributed by atoms with Crippen LogP contribution in [0, 0.1) is 5.41 Å². The number of hydrogen-bond acceptors (Lipinski definition) is 8. The van der Waals surface area contributed by atoms with Crippen molar-refractivity contribution in [3.8, 4) is 0 Å². The number of rotatable bonds is 7. The number of benzene rings is 1. The third kappa shape index (κ3) is 7.14. The molecule has 0 unspecified atom stereocenters. The van der Waals surface area contributed by atoms with Gasteiger partial charge < -0.3 is 25.8 Å². The highest BCUT2D eigenvalue weighted by Gasteiger charge is 2.25. The molecular formula is C27H32Cl2N8O2. The van der Waals surface area contributed by atoms with Crippen LogP contribution in [0.4, 0.5) is 5.82 Å². The van der Waals surface area contributed by atoms with Crippen molar-refractivity contribution in [1.82, 2.24) is 19.7 Å². The second-order valence-corrected chi connectivity index (χ2v) is 10.6. The summed E-state index contributed by atoms with van der Waals surface area (Å²) in [5.41, 5.74) is 7.50. The van der Waals surface area contributed by atoms with Crippen molar-refractivity contribution in [1.29, 1.82) is 5.41 Å². The smallest absolute Gasteiger partial charge is 0.274 e. The molecule has 0 spiro atoms. The number of amides is 2. The molecule has 0 aliphatic carbocycles. The third-order valence-corrected chi connectivity index (χ3v) is 7.49. The van der Waals surface area contributed by atoms with E-state index in [4.69, 9.17) is 34.3 Å². The Hall–Kier alpha value is -3.47. The summed E-state index contributed by atoms with van der Waals surface area (Å²) in [7, 11) is 4.11. The average molecular weight is 572 g/mol. The second kappa shape index (κ2) is 12.6. The van der Waals surface area contributed by atoms with Crippen LogP contribution in [-0.4, -0.2) is 89.4 Å². The number of halogens is 2. The molecule has 2 amide bonds. The van der Waals surface area contributed by atoms with Gasteiger partial charge in [-0.3, -0.25) is 20.0 Å². The van der Waals surface area contributed by atoms with E-state index in [0.29, 0.717) is 60.1 Å². The van der Waals surface area contributed by atoms with Crippen LogP contribution in [0.15, 0.2) is 53.3 Å². The molecule has 12 heteroatoms. The number of piperidine rings is 1. The van der Waals surface area contributed by atoms with E-state index in [2.05, 4.69) is 34.3 Å². The maximum Gasteiger partial charge on any atom is 0.274 e. The number of nitrogens with one attached hydrogen (secondary N) is 2. The average Bonchev–Trinajstić information content (AvgIpc) is 2.92. The second-order valence-electron chi connectivity index (χ2n) is 9.74. The van der Waals surface area contributed by atoms with Crippen molar-refractivity contribution >= 4 is 52.4 Å². The summed E-state index contributed by atoms with van der Waals surface area (Å²) in [5.74, 6) is -0.285. The minimum atomic E-state index is -0.668. The Kier molecular flexibility index (Phi) is 9.21. The Labute approximate surface area is 238 Å². The fraction of sp³-hybridized carbons (Fsp3) is 0.370. The lowest BCUT2D eigenvalue weighted by molar-refractivity contribution is -0.110. The van der Waals surface area contributed by atoms with Gasteiger partial charge in [0.1, 0.15) is 17.4 Å². The van der Waals surface area contributed by atoms with E-state index in [-0.39, 0.29) is 23.3 Å². The van der Waals surface area contributed by atoms with Crippen molar-refractivity contribution in [2.45, 2.75) is 25.4 Å². The van der Waals surface area contributed by atoms with E-state index in [9.17, 15) is 9.59 Å². The lowest BCUT2D eigenvalue weighted by Gasteiger charge is -2.35. The Morgan fingerprint density at radius 1 is 1.18 bits per heavy atom. The fourth-order valence-corrected chi connectivity index (χ4v) is 4.97. The molecule has 0 atom stereocenters. The van der Waals surface area contributed by atoms with Crippen LogP contribution < -0.4 is 11.1 Å². The Balaban J connectivity index is 1.39. The highest BCUT2D eigenvalue weighted by Crippen LogP contribution is 2.24. The molecule has 1 aromatic heterocycles. The van der Waals surface area contributed by atoms with Gasteiger partial charge in [-0.1, -0.05) is 23.2 Å². The molecule has 2 aliphatic heterocycles. The number of aliphatic imine (C=N–C) groups is 1. The zero-order valence-corrected chi connectivity index (χ0v) is 23.5. The van der Waals surface area contributed by atoms with Crippen molar-refractivity contribution in [2.75, 3.05) is 45.6 Å². The van der Waals surface area contributed by atoms with Crippen LogP contribution in [0.1, 0.15) is 28.8 Å². The maximum absolute atomic E-state index is 12.9. The van der Waals surface area contributed by atoms with Crippen LogP contribution >= 0.6 is 23.2 Å². The van der Waals surface area contributed by atoms with Gasteiger partial charge in [-0.2, -0.15) is 0 Å². The summed E-state index contributed by atoms with van der Waals surface area (Å²) in [6, 6.07) is 8.87. The summed E-state index contributed by atoms with van der Waals surface area (Å²) in [5, 5.41) is 12.1. The Morgan fingerprint density at radius 2 is 1.92 bits per heavy atom. The van der Waals surface area contributed by atoms with Crippen molar-refractivity contribution < 1.29 is 9.59 Å². The van der Waals surface area contributed by atoms with Gasteiger partial charge in [0.2, 0.25) is 0 Å². The number of hydrogen-bond donors (Lipinski definition) is 3. The molecule has 0 saturated carbocycles. The lowest BCUT2D eigenvalue weighted by Crippen LogP contribution is -2.44. The molecule has 4 N–H and O–H groups in total. The largest absolute Gasteiger partial charge is 0.382 e. The van der Waals surface area contributed by atoms with E-state index >= 15 is 0 Å². The number of aromatic nitrogens is 1. The summed E-state index contributed by atoms with van der Waals surface area (Å²) in [6.07, 6.45) is 4.68. The summed E-state index contributed by atoms with van der Waals surface area (Å²) < 4.78 is 0. The number of anilines is 1. The standard InChI is InChI=1S/C27H32Cl2N8O2/c1-35(2)20-7-10-36(11-8-20)27(39)17-3-6-24(33-15-17)34-26(38)22(30)14-23-25(31)32-9-12-37(23)16-18-13-19(28)4-5-21(18)29/h3-6,13-15,20,30H,7-12,16H2,1-2H3,(H2,31,32)(H,33,34,38)/b23-14+,30-22?. The highest BCUT2D eigenvalue weighted by atomic mass is 35.5. The molecule has 1 saturated heterocycles. The monoisotopic (exact) mass is 570 g/mol. The minimum absolute atomic E-state index is 0.0815. The van der Waals surface area contributed by atoms with E-state index < -0.39 is 5.91 Å². The Morgan fingerprint density at radius 3 is 2.59 bits per heavy atom. The van der Waals surface area contributed by atoms with Gasteiger partial charge in [0.25, 0.3) is 11.8 Å². The van der Waals surface area contributed by atoms with E-state index in [1.54, 1.807) is 30.3 Å². The summed E-state index contributed by atoms with van der Waals surface area (Å²) >= 11 is 12.5. The van der Waals surface area contributed by atoms with Gasteiger partial charge in [0.05, 0.1) is 17.8 Å². The molecular weight excluding hydrogens is 539 g/mol. The van der Waals surface area contributed by atoms with Crippen LogP contribution in [0.25, 0.3) is 0 Å². The first-order valence-electron chi connectivity index (χ1n) is 12.6. The first-order valence-corrected chi connectivity index (χ1v) is 13.4. The first-order chi connectivity index (χ1) is 18.6. The molecule has 4 rings (SSSR count). The maximum atomic E-state index is 12.9. The van der Waals surface area contributed by atoms with Crippen LogP contribution in [0.2, 0.25) is 10.0 Å². The van der Waals surface area contributed by atoms with Crippen molar-refractivity contribution in [2.24, 2.45) is 10.7 Å². The molecule has 1 fully saturated rings. The molecule has 39 heavy (non-hydrogen) atoms. The molecule has 206 valence electrons. The molecule has 0 bridgehead atoms. The van der Waals surface area contributed by atoms with E-state index in [1.807, 2.05) is 9.80 Å². The zero-order chi connectivity index (χ0) is 28.1. The topological polar surface area (TPSA) is 131 Å². The number of nitrogens with two attached hydrogens (primary N) is 1. The molecule has 0 radical (unpaired) electrons. The van der Waals surface area contributed by atoms with Crippen LogP contribution in [0.3, 0.4) is 0 Å². The van der Waals surface area contributed by atoms with Crippen LogP contribution in [-0.2, 0) is 11.3 Å². The van der Waals surface area contributed by atoms with Gasteiger partial charge in [-0.05, 0) is 68.9 Å². The van der Waals surface area contributed by atoms with E-state index in [0.717, 1.165) is 18.4 Å². The third-order valence-electron chi connectivity index (χ3n) is 6.88. The van der Waals surface area contributed by atoms with Crippen molar-refractivity contribution in [3.05, 3.63) is 69.5 Å². The summed E-state index contributed by atoms with van der Waals surface area (Å²) in [6.45, 7) is 2.79. The number of pyridine rings is 1. The van der Waals surface area contributed by atoms with Crippen LogP contribution in [0.5, 0.6) is 0 Å². The minimum Gasteiger partial charge on any atom is -0.382 e. The first kappa shape index (κ1) is 28.5. The van der Waals surface area contributed by atoms with Gasteiger partial charge in [-0.25, -0.2) is 4.98 Å². The molecule has 2 aromatic rings. The molecule has 2 aliphatic rings. The molecule has 10 nitrogen and oxygen atoms in total. The highest BCUT2D eigenvalue weighted by molar-refractivity contribution is 6.46. The van der Waals surface area contributed by atoms with E-state index in [1.165, 1.54) is 12.3 Å². The fourth-order valence-electron chi connectivity index (χ4n) is 4.60. The molecule has 3 heterocycles.